The molecular formula is C18H20F2N2O5. The van der Waals surface area contributed by atoms with E-state index in [4.69, 9.17) is 14.6 Å². The lowest BCUT2D eigenvalue weighted by molar-refractivity contribution is -0.142. The summed E-state index contributed by atoms with van der Waals surface area (Å²) >= 11 is 0. The molecule has 1 aliphatic carbocycles. The average Bonchev–Trinajstić information content (AvgIpc) is 3.07. The number of hydrogen-bond acceptors (Lipinski definition) is 4. The Morgan fingerprint density at radius 1 is 1.00 bits per heavy atom. The molecule has 27 heavy (non-hydrogen) atoms. The quantitative estimate of drug-likeness (QED) is 0.818. The molecule has 0 spiro atoms. The summed E-state index contributed by atoms with van der Waals surface area (Å²) in [5.74, 6) is -3.07. The molecule has 9 heteroatoms. The van der Waals surface area contributed by atoms with E-state index in [1.54, 1.807) is 0 Å². The van der Waals surface area contributed by atoms with Gasteiger partial charge in [0.15, 0.2) is 23.8 Å². The van der Waals surface area contributed by atoms with Crippen molar-refractivity contribution in [3.05, 3.63) is 23.8 Å². The van der Waals surface area contributed by atoms with E-state index in [1.807, 2.05) is 0 Å². The van der Waals surface area contributed by atoms with Gasteiger partial charge in [-0.3, -0.25) is 4.79 Å². The lowest BCUT2D eigenvalue weighted by atomic mass is 9.86. The van der Waals surface area contributed by atoms with E-state index in [-0.39, 0.29) is 42.6 Å². The van der Waals surface area contributed by atoms with Crippen molar-refractivity contribution in [3.63, 3.8) is 0 Å². The molecule has 4 rings (SSSR count). The number of benzene rings is 1. The highest BCUT2D eigenvalue weighted by Crippen LogP contribution is 2.40. The Morgan fingerprint density at radius 3 is 2.00 bits per heavy atom. The van der Waals surface area contributed by atoms with Gasteiger partial charge < -0.3 is 24.8 Å². The van der Waals surface area contributed by atoms with Gasteiger partial charge in [0.05, 0.1) is 19.0 Å². The largest absolute Gasteiger partial charge is 0.481 e. The van der Waals surface area contributed by atoms with Crippen LogP contribution in [0.5, 0.6) is 11.5 Å². The van der Waals surface area contributed by atoms with E-state index in [9.17, 15) is 18.4 Å². The van der Waals surface area contributed by atoms with E-state index in [0.29, 0.717) is 25.7 Å². The Balaban J connectivity index is 1.35. The summed E-state index contributed by atoms with van der Waals surface area (Å²) in [6, 6.07) is 1.57. The van der Waals surface area contributed by atoms with Gasteiger partial charge in [0.25, 0.3) is 0 Å². The summed E-state index contributed by atoms with van der Waals surface area (Å²) in [7, 11) is 0. The second kappa shape index (κ2) is 6.86. The molecule has 1 aromatic carbocycles. The summed E-state index contributed by atoms with van der Waals surface area (Å²) in [6.45, 7) is 0.409. The van der Waals surface area contributed by atoms with Gasteiger partial charge >= 0.3 is 12.0 Å². The average molecular weight is 382 g/mol. The van der Waals surface area contributed by atoms with Crippen molar-refractivity contribution in [1.29, 1.82) is 0 Å². The van der Waals surface area contributed by atoms with Crippen molar-refractivity contribution in [1.82, 2.24) is 10.2 Å². The highest BCUT2D eigenvalue weighted by Gasteiger charge is 2.44. The van der Waals surface area contributed by atoms with Gasteiger partial charge in [0.2, 0.25) is 11.5 Å². The molecule has 2 aliphatic heterocycles. The van der Waals surface area contributed by atoms with Crippen molar-refractivity contribution in [2.24, 2.45) is 5.92 Å². The van der Waals surface area contributed by atoms with Crippen LogP contribution < -0.4 is 14.8 Å². The van der Waals surface area contributed by atoms with E-state index < -0.39 is 29.8 Å². The molecule has 0 radical (unpaired) electrons. The Kier molecular flexibility index (Phi) is 4.53. The van der Waals surface area contributed by atoms with Crippen molar-refractivity contribution in [2.45, 2.75) is 43.9 Å². The first kappa shape index (κ1) is 17.8. The molecule has 2 amide bonds. The molecule has 2 atom stereocenters. The van der Waals surface area contributed by atoms with Crippen LogP contribution in [0.25, 0.3) is 0 Å². The number of ether oxygens (including phenoxy) is 2. The molecule has 1 aromatic rings. The van der Waals surface area contributed by atoms with E-state index >= 15 is 0 Å². The predicted octanol–water partition coefficient (Wildman–Crippen LogP) is 2.14. The molecule has 1 saturated carbocycles. The number of rotatable bonds is 2. The molecule has 2 N–H and O–H groups in total. The fourth-order valence-corrected chi connectivity index (χ4v) is 3.92. The molecule has 2 fully saturated rings. The van der Waals surface area contributed by atoms with Gasteiger partial charge in [-0.1, -0.05) is 0 Å². The number of carboxylic acid groups (broad SMARTS) is 1. The summed E-state index contributed by atoms with van der Waals surface area (Å²) < 4.78 is 38.8. The lowest BCUT2D eigenvalue weighted by Gasteiger charge is -2.28. The Labute approximate surface area is 154 Å². The summed E-state index contributed by atoms with van der Waals surface area (Å²) in [6.07, 6.45) is 1.15. The molecular weight excluding hydrogens is 362 g/mol. The van der Waals surface area contributed by atoms with Crippen LogP contribution >= 0.6 is 0 Å². The van der Waals surface area contributed by atoms with E-state index in [2.05, 4.69) is 5.32 Å². The highest BCUT2D eigenvalue weighted by molar-refractivity contribution is 5.75. The Bertz CT molecular complexity index is 727. The monoisotopic (exact) mass is 382 g/mol. The number of hydrogen-bond donors (Lipinski definition) is 2. The summed E-state index contributed by atoms with van der Waals surface area (Å²) in [4.78, 5) is 25.0. The van der Waals surface area contributed by atoms with Crippen LogP contribution in [0.3, 0.4) is 0 Å². The number of amides is 2. The van der Waals surface area contributed by atoms with Crippen LogP contribution in [0.4, 0.5) is 13.6 Å². The molecule has 7 nitrogen and oxygen atoms in total. The van der Waals surface area contributed by atoms with Gasteiger partial charge in [0, 0.05) is 6.04 Å². The minimum Gasteiger partial charge on any atom is -0.481 e. The number of urea groups is 1. The number of carbonyl (C=O) groups is 2. The zero-order valence-corrected chi connectivity index (χ0v) is 14.5. The SMILES string of the molecule is O=C(O)C1CCC(NC(=O)N2C[C@@H]3Oc4c(F)ccc(F)c4O[C@@H]3C2)CC1. The van der Waals surface area contributed by atoms with Gasteiger partial charge in [0.1, 0.15) is 0 Å². The number of likely N-dealkylation sites (tertiary alicyclic amines) is 1. The van der Waals surface area contributed by atoms with Crippen molar-refractivity contribution >= 4 is 12.0 Å². The molecule has 2 heterocycles. The zero-order valence-electron chi connectivity index (χ0n) is 14.5. The minimum absolute atomic E-state index is 0.0790. The fraction of sp³-hybridized carbons (Fsp3) is 0.556. The maximum absolute atomic E-state index is 13.9. The van der Waals surface area contributed by atoms with Crippen molar-refractivity contribution < 1.29 is 33.0 Å². The second-order valence-electron chi connectivity index (χ2n) is 7.24. The number of fused-ring (bicyclic) bond motifs is 2. The Morgan fingerprint density at radius 2 is 1.52 bits per heavy atom. The minimum atomic E-state index is -0.795. The fourth-order valence-electron chi connectivity index (χ4n) is 3.92. The number of nitrogens with one attached hydrogen (secondary N) is 1. The number of halogens is 2. The third-order valence-corrected chi connectivity index (χ3v) is 5.46. The normalized spacial score (nSPS) is 29.2. The third-order valence-electron chi connectivity index (χ3n) is 5.46. The predicted molar refractivity (Wildman–Crippen MR) is 88.7 cm³/mol. The number of carbonyl (C=O) groups excluding carboxylic acids is 1. The van der Waals surface area contributed by atoms with Crippen LogP contribution in [0.15, 0.2) is 12.1 Å². The van der Waals surface area contributed by atoms with Gasteiger partial charge in [-0.15, -0.1) is 0 Å². The summed E-state index contributed by atoms with van der Waals surface area (Å²) in [5.41, 5.74) is 0. The van der Waals surface area contributed by atoms with Crippen LogP contribution in [0.1, 0.15) is 25.7 Å². The van der Waals surface area contributed by atoms with Crippen LogP contribution in [-0.2, 0) is 4.79 Å². The molecule has 1 saturated heterocycles. The second-order valence-corrected chi connectivity index (χ2v) is 7.24. The standard InChI is InChI=1S/C18H20F2N2O5/c19-11-5-6-12(20)16-15(11)26-13-7-22(8-14(13)27-16)18(25)21-10-3-1-9(2-4-10)17(23)24/h5-6,9-10,13-14H,1-4,7-8H2,(H,21,25)(H,23,24)/t9?,10?,13-,14+. The highest BCUT2D eigenvalue weighted by atomic mass is 19.1. The van der Waals surface area contributed by atoms with Crippen LogP contribution in [0.2, 0.25) is 0 Å². The van der Waals surface area contributed by atoms with Gasteiger partial charge in [-0.25, -0.2) is 13.6 Å². The van der Waals surface area contributed by atoms with E-state index in [0.717, 1.165) is 12.1 Å². The first-order chi connectivity index (χ1) is 12.9. The smallest absolute Gasteiger partial charge is 0.317 e. The molecule has 0 unspecified atom stereocenters. The Hall–Kier alpha value is -2.58. The number of aliphatic carboxylic acids is 1. The molecule has 146 valence electrons. The molecule has 3 aliphatic rings. The first-order valence-corrected chi connectivity index (χ1v) is 9.02. The number of carboxylic acids is 1. The van der Waals surface area contributed by atoms with Crippen LogP contribution in [-0.4, -0.2) is 53.3 Å². The molecule has 0 bridgehead atoms. The first-order valence-electron chi connectivity index (χ1n) is 9.02. The van der Waals surface area contributed by atoms with Crippen molar-refractivity contribution in [3.8, 4) is 11.5 Å². The van der Waals surface area contributed by atoms with Gasteiger partial charge in [-0.2, -0.15) is 0 Å². The maximum atomic E-state index is 13.9. The maximum Gasteiger partial charge on any atom is 0.317 e. The van der Waals surface area contributed by atoms with E-state index in [1.165, 1.54) is 4.90 Å². The van der Waals surface area contributed by atoms with Gasteiger partial charge in [-0.05, 0) is 37.8 Å². The molecule has 0 aromatic heterocycles. The van der Waals surface area contributed by atoms with Crippen LogP contribution in [0, 0.1) is 17.6 Å². The van der Waals surface area contributed by atoms with Crippen molar-refractivity contribution in [2.75, 3.05) is 13.1 Å². The topological polar surface area (TPSA) is 88.1 Å². The zero-order chi connectivity index (χ0) is 19.1. The lowest BCUT2D eigenvalue weighted by Crippen LogP contribution is -2.46. The summed E-state index contributed by atoms with van der Waals surface area (Å²) in [5, 5.41) is 11.9. The third kappa shape index (κ3) is 3.38. The number of nitrogens with zero attached hydrogens (tertiary/aromatic N) is 1.